The molecule has 0 unspecified atom stereocenters. The lowest BCUT2D eigenvalue weighted by Gasteiger charge is -2.24. The second kappa shape index (κ2) is 5.61. The van der Waals surface area contributed by atoms with Crippen molar-refractivity contribution in [3.8, 4) is 0 Å². The van der Waals surface area contributed by atoms with E-state index in [9.17, 15) is 10.1 Å². The average molecular weight is 266 g/mol. The first-order valence-corrected chi connectivity index (χ1v) is 7.33. The molecule has 1 aliphatic heterocycles. The molecular weight excluding hydrogens is 248 g/mol. The van der Waals surface area contributed by atoms with Crippen LogP contribution in [0.15, 0.2) is 12.1 Å². The molecule has 1 N–H and O–H groups in total. The standard InChI is InChI=1S/C13H18N2O2S/c1-9-7-10(2)13(15(16)17)8-12(9)14-11-3-5-18-6-4-11/h7-8,11,14H,3-6H2,1-2H3. The molecule has 4 nitrogen and oxygen atoms in total. The minimum Gasteiger partial charge on any atom is -0.382 e. The van der Waals surface area contributed by atoms with Gasteiger partial charge in [0, 0.05) is 23.4 Å². The quantitative estimate of drug-likeness (QED) is 0.672. The van der Waals surface area contributed by atoms with E-state index in [1.54, 1.807) is 13.0 Å². The fourth-order valence-corrected chi connectivity index (χ4v) is 3.36. The molecular formula is C13H18N2O2S. The van der Waals surface area contributed by atoms with E-state index in [-0.39, 0.29) is 10.6 Å². The Balaban J connectivity index is 2.21. The Labute approximate surface area is 111 Å². The smallest absolute Gasteiger partial charge is 0.274 e. The summed E-state index contributed by atoms with van der Waals surface area (Å²) in [7, 11) is 0. The maximum absolute atomic E-state index is 11.0. The SMILES string of the molecule is Cc1cc(C)c([N+](=O)[O-])cc1NC1CCSCC1. The molecule has 1 fully saturated rings. The van der Waals surface area contributed by atoms with Gasteiger partial charge in [0.2, 0.25) is 0 Å². The zero-order chi connectivity index (χ0) is 13.1. The van der Waals surface area contributed by atoms with Gasteiger partial charge in [0.1, 0.15) is 0 Å². The largest absolute Gasteiger partial charge is 0.382 e. The van der Waals surface area contributed by atoms with Crippen LogP contribution in [0.3, 0.4) is 0 Å². The molecule has 0 bridgehead atoms. The van der Waals surface area contributed by atoms with Crippen LogP contribution in [0.2, 0.25) is 0 Å². The van der Waals surface area contributed by atoms with Crippen LogP contribution in [0.1, 0.15) is 24.0 Å². The highest BCUT2D eigenvalue weighted by atomic mass is 32.2. The summed E-state index contributed by atoms with van der Waals surface area (Å²) in [5, 5.41) is 14.4. The molecule has 1 aliphatic rings. The number of rotatable bonds is 3. The third-order valence-corrected chi connectivity index (χ3v) is 4.37. The van der Waals surface area contributed by atoms with Crippen LogP contribution < -0.4 is 5.32 Å². The van der Waals surface area contributed by atoms with Gasteiger partial charge >= 0.3 is 0 Å². The molecule has 0 radical (unpaired) electrons. The fourth-order valence-electron chi connectivity index (χ4n) is 2.25. The van der Waals surface area contributed by atoms with E-state index >= 15 is 0 Å². The van der Waals surface area contributed by atoms with Crippen molar-refractivity contribution in [2.75, 3.05) is 16.8 Å². The molecule has 0 aromatic heterocycles. The number of nitro groups is 1. The molecule has 0 aliphatic carbocycles. The molecule has 0 saturated carbocycles. The van der Waals surface area contributed by atoms with Crippen LogP contribution >= 0.6 is 11.8 Å². The summed E-state index contributed by atoms with van der Waals surface area (Å²) in [4.78, 5) is 10.6. The summed E-state index contributed by atoms with van der Waals surface area (Å²) in [5.74, 6) is 2.34. The fraction of sp³-hybridized carbons (Fsp3) is 0.538. The van der Waals surface area contributed by atoms with Gasteiger partial charge in [-0.3, -0.25) is 10.1 Å². The zero-order valence-electron chi connectivity index (χ0n) is 10.7. The second-order valence-corrected chi connectivity index (χ2v) is 5.97. The van der Waals surface area contributed by atoms with Crippen LogP contribution in [0.25, 0.3) is 0 Å². The van der Waals surface area contributed by atoms with Gasteiger partial charge in [-0.05, 0) is 49.8 Å². The zero-order valence-corrected chi connectivity index (χ0v) is 11.5. The van der Waals surface area contributed by atoms with E-state index in [1.807, 2.05) is 24.8 Å². The van der Waals surface area contributed by atoms with Gasteiger partial charge in [0.05, 0.1) is 4.92 Å². The number of hydrogen-bond donors (Lipinski definition) is 1. The molecule has 98 valence electrons. The van der Waals surface area contributed by atoms with Crippen molar-refractivity contribution in [3.05, 3.63) is 33.4 Å². The number of nitro benzene ring substituents is 1. The lowest BCUT2D eigenvalue weighted by Crippen LogP contribution is -2.24. The summed E-state index contributed by atoms with van der Waals surface area (Å²) in [6.07, 6.45) is 2.26. The predicted molar refractivity (Wildman–Crippen MR) is 76.5 cm³/mol. The highest BCUT2D eigenvalue weighted by Crippen LogP contribution is 2.28. The van der Waals surface area contributed by atoms with E-state index in [2.05, 4.69) is 5.32 Å². The van der Waals surface area contributed by atoms with Gasteiger partial charge in [0.25, 0.3) is 5.69 Å². The molecule has 0 atom stereocenters. The van der Waals surface area contributed by atoms with Gasteiger partial charge in [0.15, 0.2) is 0 Å². The first-order chi connectivity index (χ1) is 8.58. The Kier molecular flexibility index (Phi) is 4.11. The van der Waals surface area contributed by atoms with Crippen LogP contribution in [-0.2, 0) is 0 Å². The van der Waals surface area contributed by atoms with Crippen molar-refractivity contribution in [1.82, 2.24) is 0 Å². The molecule has 1 saturated heterocycles. The Morgan fingerprint density at radius 2 is 1.94 bits per heavy atom. The Hall–Kier alpha value is -1.23. The lowest BCUT2D eigenvalue weighted by molar-refractivity contribution is -0.385. The van der Waals surface area contributed by atoms with E-state index in [1.165, 1.54) is 11.5 Å². The van der Waals surface area contributed by atoms with Gasteiger partial charge in [-0.25, -0.2) is 0 Å². The molecule has 2 rings (SSSR count). The van der Waals surface area contributed by atoms with Gasteiger partial charge in [-0.1, -0.05) is 0 Å². The summed E-state index contributed by atoms with van der Waals surface area (Å²) >= 11 is 1.98. The van der Waals surface area contributed by atoms with Crippen molar-refractivity contribution in [2.45, 2.75) is 32.7 Å². The molecule has 1 heterocycles. The molecule has 5 heteroatoms. The number of thioether (sulfide) groups is 1. The first-order valence-electron chi connectivity index (χ1n) is 6.18. The van der Waals surface area contributed by atoms with Crippen molar-refractivity contribution in [3.63, 3.8) is 0 Å². The van der Waals surface area contributed by atoms with E-state index in [4.69, 9.17) is 0 Å². The van der Waals surface area contributed by atoms with E-state index in [0.29, 0.717) is 6.04 Å². The van der Waals surface area contributed by atoms with Crippen LogP contribution in [0.4, 0.5) is 11.4 Å². The van der Waals surface area contributed by atoms with Crippen molar-refractivity contribution in [2.24, 2.45) is 0 Å². The maximum atomic E-state index is 11.0. The van der Waals surface area contributed by atoms with Crippen molar-refractivity contribution >= 4 is 23.1 Å². The molecule has 18 heavy (non-hydrogen) atoms. The first kappa shape index (κ1) is 13.2. The Morgan fingerprint density at radius 1 is 1.28 bits per heavy atom. The number of benzene rings is 1. The molecule has 0 spiro atoms. The average Bonchev–Trinajstić information content (AvgIpc) is 2.33. The van der Waals surface area contributed by atoms with Crippen LogP contribution in [0.5, 0.6) is 0 Å². The number of nitrogens with zero attached hydrogens (tertiary/aromatic N) is 1. The van der Waals surface area contributed by atoms with Gasteiger partial charge in [-0.15, -0.1) is 0 Å². The highest BCUT2D eigenvalue weighted by Gasteiger charge is 2.17. The summed E-state index contributed by atoms with van der Waals surface area (Å²) in [5.41, 5.74) is 2.91. The van der Waals surface area contributed by atoms with Crippen molar-refractivity contribution in [1.29, 1.82) is 0 Å². The van der Waals surface area contributed by atoms with E-state index < -0.39 is 0 Å². The highest BCUT2D eigenvalue weighted by molar-refractivity contribution is 7.99. The summed E-state index contributed by atoms with van der Waals surface area (Å²) < 4.78 is 0. The molecule has 1 aromatic rings. The minimum absolute atomic E-state index is 0.202. The monoisotopic (exact) mass is 266 g/mol. The topological polar surface area (TPSA) is 55.2 Å². The third kappa shape index (κ3) is 2.96. The van der Waals surface area contributed by atoms with Gasteiger partial charge < -0.3 is 5.32 Å². The number of nitrogens with one attached hydrogen (secondary N) is 1. The number of aryl methyl sites for hydroxylation is 2. The predicted octanol–water partition coefficient (Wildman–Crippen LogP) is 3.52. The normalized spacial score (nSPS) is 16.6. The minimum atomic E-state index is -0.309. The lowest BCUT2D eigenvalue weighted by atomic mass is 10.1. The summed E-state index contributed by atoms with van der Waals surface area (Å²) in [6, 6.07) is 4.01. The van der Waals surface area contributed by atoms with Crippen molar-refractivity contribution < 1.29 is 4.92 Å². The van der Waals surface area contributed by atoms with Crippen LogP contribution in [0, 0.1) is 24.0 Å². The van der Waals surface area contributed by atoms with E-state index in [0.717, 1.165) is 29.7 Å². The van der Waals surface area contributed by atoms with Crippen LogP contribution in [-0.4, -0.2) is 22.5 Å². The number of hydrogen-bond acceptors (Lipinski definition) is 4. The second-order valence-electron chi connectivity index (χ2n) is 4.74. The summed E-state index contributed by atoms with van der Waals surface area (Å²) in [6.45, 7) is 3.78. The molecule has 0 amide bonds. The Morgan fingerprint density at radius 3 is 2.56 bits per heavy atom. The third-order valence-electron chi connectivity index (χ3n) is 3.32. The van der Waals surface area contributed by atoms with Gasteiger partial charge in [-0.2, -0.15) is 11.8 Å². The maximum Gasteiger partial charge on any atom is 0.274 e. The molecule has 1 aromatic carbocycles. The number of anilines is 1. The Bertz CT molecular complexity index is 457.